The van der Waals surface area contributed by atoms with Crippen LogP contribution in [-0.4, -0.2) is 23.5 Å². The van der Waals surface area contributed by atoms with Gasteiger partial charge in [0.2, 0.25) is 0 Å². The fraction of sp³-hybridized carbons (Fsp3) is 0.500. The molecule has 2 heterocycles. The Bertz CT molecular complexity index is 271. The van der Waals surface area contributed by atoms with Crippen LogP contribution in [0.1, 0.15) is 24.4 Å². The van der Waals surface area contributed by atoms with Crippen LogP contribution in [-0.2, 0) is 3.84 Å². The van der Waals surface area contributed by atoms with Gasteiger partial charge in [0.05, 0.1) is 23.7 Å². The van der Waals surface area contributed by atoms with Gasteiger partial charge < -0.3 is 0 Å². The molecule has 15 heavy (non-hydrogen) atoms. The van der Waals surface area contributed by atoms with Gasteiger partial charge in [-0.15, -0.1) is 0 Å². The Morgan fingerprint density at radius 2 is 2.27 bits per heavy atom. The molecule has 0 saturated carbocycles. The summed E-state index contributed by atoms with van der Waals surface area (Å²) in [5.41, 5.74) is 1.36. The first-order valence-electron chi connectivity index (χ1n) is 4.79. The minimum Gasteiger partial charge on any atom is -0.299 e. The standard InChI is InChI=1S/C10H14N2.Cl2O/c1-12-7-3-5-10(12)9-4-2-6-11-8-9;1-3-2/h2,4,6,8,10H,3,5,7H2,1H3;. The maximum absolute atomic E-state index is 4.26. The second-order valence-corrected chi connectivity index (χ2v) is 3.95. The first-order chi connectivity index (χ1) is 7.29. The Hall–Kier alpha value is -0.350. The average Bonchev–Trinajstić information content (AvgIpc) is 2.67. The van der Waals surface area contributed by atoms with Gasteiger partial charge in [-0.1, -0.05) is 6.07 Å². The Morgan fingerprint density at radius 3 is 2.73 bits per heavy atom. The Balaban J connectivity index is 0.000000337. The molecular formula is C10H14Cl2N2O. The van der Waals surface area contributed by atoms with E-state index in [1.807, 2.05) is 18.5 Å². The van der Waals surface area contributed by atoms with Gasteiger partial charge in [-0.3, -0.25) is 9.88 Å². The fourth-order valence-electron chi connectivity index (χ4n) is 1.90. The van der Waals surface area contributed by atoms with E-state index in [0.29, 0.717) is 6.04 Å². The number of hydrogen-bond donors (Lipinski definition) is 0. The molecule has 0 aliphatic carbocycles. The van der Waals surface area contributed by atoms with E-state index in [2.05, 4.69) is 50.6 Å². The molecule has 1 aromatic heterocycles. The smallest absolute Gasteiger partial charge is 0.0832 e. The van der Waals surface area contributed by atoms with Crippen LogP contribution in [0.5, 0.6) is 0 Å². The number of halogens is 2. The Kier molecular flexibility index (Phi) is 5.95. The molecule has 0 aromatic carbocycles. The molecule has 1 aliphatic rings. The van der Waals surface area contributed by atoms with Gasteiger partial charge in [0, 0.05) is 18.4 Å². The minimum absolute atomic E-state index is 0.610. The monoisotopic (exact) mass is 248 g/mol. The molecule has 1 saturated heterocycles. The molecule has 0 N–H and O–H groups in total. The molecule has 1 fully saturated rings. The van der Waals surface area contributed by atoms with Gasteiger partial charge in [-0.2, -0.15) is 3.84 Å². The van der Waals surface area contributed by atoms with Crippen molar-refractivity contribution < 1.29 is 3.84 Å². The van der Waals surface area contributed by atoms with Crippen molar-refractivity contribution in [3.63, 3.8) is 0 Å². The van der Waals surface area contributed by atoms with E-state index < -0.39 is 0 Å². The second kappa shape index (κ2) is 7.01. The highest BCUT2D eigenvalue weighted by molar-refractivity contribution is 6.24. The first kappa shape index (κ1) is 12.7. The second-order valence-electron chi connectivity index (χ2n) is 3.48. The third-order valence-electron chi connectivity index (χ3n) is 2.59. The fourth-order valence-corrected chi connectivity index (χ4v) is 1.90. The van der Waals surface area contributed by atoms with E-state index in [1.54, 1.807) is 0 Å². The molecule has 1 aromatic rings. The normalized spacial score (nSPS) is 20.9. The quantitative estimate of drug-likeness (QED) is 0.764. The average molecular weight is 249 g/mol. The molecule has 1 unspecified atom stereocenters. The van der Waals surface area contributed by atoms with Gasteiger partial charge in [0.15, 0.2) is 0 Å². The maximum atomic E-state index is 4.26. The first-order valence-corrected chi connectivity index (χ1v) is 5.40. The van der Waals surface area contributed by atoms with Crippen LogP contribution in [0.15, 0.2) is 24.5 Å². The SMILES string of the molecule is CN1CCCC1c1cccnc1.ClOCl. The molecule has 84 valence electrons. The number of nitrogens with zero attached hydrogens (tertiary/aromatic N) is 2. The van der Waals surface area contributed by atoms with Gasteiger partial charge in [0.25, 0.3) is 0 Å². The largest absolute Gasteiger partial charge is 0.299 e. The van der Waals surface area contributed by atoms with Crippen molar-refractivity contribution in [2.24, 2.45) is 0 Å². The molecule has 1 atom stereocenters. The van der Waals surface area contributed by atoms with Gasteiger partial charge in [-0.05, 0) is 38.1 Å². The van der Waals surface area contributed by atoms with Crippen LogP contribution >= 0.6 is 23.7 Å². The van der Waals surface area contributed by atoms with Crippen molar-refractivity contribution in [2.45, 2.75) is 18.9 Å². The minimum atomic E-state index is 0.610. The van der Waals surface area contributed by atoms with Crippen LogP contribution in [0.2, 0.25) is 0 Å². The van der Waals surface area contributed by atoms with Crippen LogP contribution in [0.4, 0.5) is 0 Å². The van der Waals surface area contributed by atoms with E-state index in [0.717, 1.165) is 0 Å². The Morgan fingerprint density at radius 1 is 1.53 bits per heavy atom. The summed E-state index contributed by atoms with van der Waals surface area (Å²) in [7, 11) is 2.19. The molecule has 1 aliphatic heterocycles. The topological polar surface area (TPSA) is 25.4 Å². The lowest BCUT2D eigenvalue weighted by Gasteiger charge is -2.18. The third kappa shape index (κ3) is 3.95. The van der Waals surface area contributed by atoms with E-state index in [1.165, 1.54) is 24.9 Å². The van der Waals surface area contributed by atoms with Crippen LogP contribution in [0, 0.1) is 0 Å². The van der Waals surface area contributed by atoms with Crippen molar-refractivity contribution in [1.29, 1.82) is 0 Å². The van der Waals surface area contributed by atoms with E-state index in [9.17, 15) is 0 Å². The number of hydrogen-bond acceptors (Lipinski definition) is 3. The molecule has 0 radical (unpaired) electrons. The zero-order valence-electron chi connectivity index (χ0n) is 8.57. The number of likely N-dealkylation sites (tertiary alicyclic amines) is 1. The van der Waals surface area contributed by atoms with E-state index in [4.69, 9.17) is 0 Å². The van der Waals surface area contributed by atoms with Gasteiger partial charge in [0.1, 0.15) is 0 Å². The summed E-state index contributed by atoms with van der Waals surface area (Å²) >= 11 is 8.53. The van der Waals surface area contributed by atoms with Crippen molar-refractivity contribution in [3.8, 4) is 0 Å². The lowest BCUT2D eigenvalue weighted by molar-refractivity contribution is 0.317. The zero-order valence-corrected chi connectivity index (χ0v) is 10.1. The highest BCUT2D eigenvalue weighted by Crippen LogP contribution is 2.29. The molecule has 0 bridgehead atoms. The number of pyridine rings is 1. The zero-order chi connectivity index (χ0) is 11.1. The summed E-state index contributed by atoms with van der Waals surface area (Å²) in [5.74, 6) is 0. The number of aromatic nitrogens is 1. The Labute approximate surface area is 100 Å². The molecule has 0 spiro atoms. The van der Waals surface area contributed by atoms with Crippen molar-refractivity contribution >= 4 is 23.7 Å². The molecular weight excluding hydrogens is 235 g/mol. The van der Waals surface area contributed by atoms with Gasteiger partial charge >= 0.3 is 0 Å². The number of rotatable bonds is 1. The molecule has 2 rings (SSSR count). The van der Waals surface area contributed by atoms with E-state index >= 15 is 0 Å². The maximum Gasteiger partial charge on any atom is 0.0832 e. The predicted molar refractivity (Wildman–Crippen MR) is 61.6 cm³/mol. The van der Waals surface area contributed by atoms with E-state index in [-0.39, 0.29) is 0 Å². The van der Waals surface area contributed by atoms with Gasteiger partial charge in [-0.25, -0.2) is 0 Å². The summed E-state index contributed by atoms with van der Waals surface area (Å²) in [6.07, 6.45) is 6.41. The lowest BCUT2D eigenvalue weighted by atomic mass is 10.1. The van der Waals surface area contributed by atoms with Crippen molar-refractivity contribution in [1.82, 2.24) is 9.88 Å². The highest BCUT2D eigenvalue weighted by atomic mass is 35.6. The summed E-state index contributed by atoms with van der Waals surface area (Å²) in [4.78, 5) is 6.54. The van der Waals surface area contributed by atoms with Crippen molar-refractivity contribution in [2.75, 3.05) is 13.6 Å². The van der Waals surface area contributed by atoms with Crippen molar-refractivity contribution in [3.05, 3.63) is 30.1 Å². The summed E-state index contributed by atoms with van der Waals surface area (Å²) in [6, 6.07) is 4.79. The molecule has 3 nitrogen and oxygen atoms in total. The lowest BCUT2D eigenvalue weighted by Crippen LogP contribution is -2.17. The van der Waals surface area contributed by atoms with Crippen LogP contribution < -0.4 is 0 Å². The predicted octanol–water partition coefficient (Wildman–Crippen LogP) is 3.16. The van der Waals surface area contributed by atoms with Crippen LogP contribution in [0.3, 0.4) is 0 Å². The molecule has 0 amide bonds. The molecule has 5 heteroatoms. The summed E-state index contributed by atoms with van der Waals surface area (Å²) in [5, 5.41) is 0. The summed E-state index contributed by atoms with van der Waals surface area (Å²) < 4.78 is 3.19. The highest BCUT2D eigenvalue weighted by Gasteiger charge is 2.21. The van der Waals surface area contributed by atoms with Crippen LogP contribution in [0.25, 0.3) is 0 Å². The summed E-state index contributed by atoms with van der Waals surface area (Å²) in [6.45, 7) is 1.22. The third-order valence-corrected chi connectivity index (χ3v) is 2.59.